The lowest BCUT2D eigenvalue weighted by atomic mass is 10.1. The maximum absolute atomic E-state index is 13.6. The summed E-state index contributed by atoms with van der Waals surface area (Å²) in [4.78, 5) is 50.0. The van der Waals surface area contributed by atoms with Gasteiger partial charge in [-0.15, -0.1) is 0 Å². The number of nitrogens with one attached hydrogen (secondary N) is 2. The standard InChI is InChI=1S/C21H33N4O9P/c1-6-16(20(28)32-8-3)24-35(30,23-14(5)19(27)31-7-2)33-12-15-11-13(4)18(34-15)25-10-9-17(26)22-21(25)29/h9-10,13-15,18H,6-8,11-12H2,1-5H3,(H,23,30)(H,22,26,29). The molecule has 1 aromatic heterocycles. The van der Waals surface area contributed by atoms with Crippen LogP contribution in [0.1, 0.15) is 53.7 Å². The lowest BCUT2D eigenvalue weighted by Gasteiger charge is -2.22. The van der Waals surface area contributed by atoms with Crippen molar-refractivity contribution in [3.8, 4) is 0 Å². The Balaban J connectivity index is 2.22. The van der Waals surface area contributed by atoms with Crippen molar-refractivity contribution in [1.29, 1.82) is 0 Å². The van der Waals surface area contributed by atoms with Gasteiger partial charge in [0.2, 0.25) is 0 Å². The molecule has 35 heavy (non-hydrogen) atoms. The summed E-state index contributed by atoms with van der Waals surface area (Å²) in [6.45, 7) is 8.23. The van der Waals surface area contributed by atoms with Crippen LogP contribution >= 0.6 is 7.67 Å². The maximum Gasteiger partial charge on any atom is 0.388 e. The molecule has 0 radical (unpaired) electrons. The molecule has 2 N–H and O–H groups in total. The zero-order chi connectivity index (χ0) is 26.2. The third-order valence-electron chi connectivity index (χ3n) is 5.11. The fourth-order valence-corrected chi connectivity index (χ4v) is 5.16. The highest BCUT2D eigenvalue weighted by atomic mass is 31.2. The third-order valence-corrected chi connectivity index (χ3v) is 6.83. The molecule has 1 saturated heterocycles. The first-order chi connectivity index (χ1) is 16.5. The molecule has 1 aromatic rings. The fourth-order valence-electron chi connectivity index (χ4n) is 3.47. The van der Waals surface area contributed by atoms with E-state index in [1.807, 2.05) is 6.92 Å². The van der Waals surface area contributed by atoms with Crippen molar-refractivity contribution >= 4 is 25.3 Å². The van der Waals surface area contributed by atoms with Gasteiger partial charge in [0.05, 0.1) is 25.9 Å². The van der Waals surface area contributed by atoms with Gasteiger partial charge in [-0.2, -0.15) is 4.76 Å². The number of aromatic nitrogens is 2. The molecule has 5 unspecified atom stereocenters. The van der Waals surface area contributed by atoms with E-state index in [0.29, 0.717) is 6.42 Å². The van der Waals surface area contributed by atoms with Gasteiger partial charge < -0.3 is 14.2 Å². The second-order valence-corrected chi connectivity index (χ2v) is 9.68. The normalized spacial score (nSPS) is 22.9. The smallest absolute Gasteiger partial charge is 0.388 e. The first-order valence-corrected chi connectivity index (χ1v) is 13.0. The van der Waals surface area contributed by atoms with Crippen LogP contribution in [-0.4, -0.2) is 59.2 Å². The number of carbonyl (C=O) groups is 2. The van der Waals surface area contributed by atoms with Gasteiger partial charge in [0.25, 0.3) is 5.56 Å². The van der Waals surface area contributed by atoms with E-state index in [4.69, 9.17) is 18.7 Å². The van der Waals surface area contributed by atoms with Crippen LogP contribution < -0.4 is 16.3 Å². The van der Waals surface area contributed by atoms with E-state index in [-0.39, 0.29) is 37.9 Å². The van der Waals surface area contributed by atoms with E-state index >= 15 is 0 Å². The minimum atomic E-state index is -4.14. The van der Waals surface area contributed by atoms with Crippen molar-refractivity contribution in [2.24, 2.45) is 10.7 Å². The van der Waals surface area contributed by atoms with Gasteiger partial charge in [-0.1, -0.05) is 13.8 Å². The highest BCUT2D eigenvalue weighted by Crippen LogP contribution is 2.46. The van der Waals surface area contributed by atoms with Crippen molar-refractivity contribution in [3.05, 3.63) is 33.1 Å². The zero-order valence-corrected chi connectivity index (χ0v) is 21.4. The minimum absolute atomic E-state index is 0.106. The van der Waals surface area contributed by atoms with Gasteiger partial charge in [-0.25, -0.2) is 19.2 Å². The summed E-state index contributed by atoms with van der Waals surface area (Å²) >= 11 is 0. The van der Waals surface area contributed by atoms with Gasteiger partial charge >= 0.3 is 25.3 Å². The molecular weight excluding hydrogens is 483 g/mol. The largest absolute Gasteiger partial charge is 0.465 e. The summed E-state index contributed by atoms with van der Waals surface area (Å²) in [5.41, 5.74) is -1.25. The predicted molar refractivity (Wildman–Crippen MR) is 126 cm³/mol. The molecule has 0 spiro atoms. The molecular formula is C21H33N4O9P. The first kappa shape index (κ1) is 28.6. The number of aromatic amines is 1. The molecule has 14 heteroatoms. The first-order valence-electron chi connectivity index (χ1n) is 11.5. The van der Waals surface area contributed by atoms with E-state index in [2.05, 4.69) is 14.8 Å². The average molecular weight is 516 g/mol. The number of ether oxygens (including phenoxy) is 3. The summed E-state index contributed by atoms with van der Waals surface area (Å²) in [5, 5.41) is 2.55. The van der Waals surface area contributed by atoms with E-state index in [0.717, 1.165) is 0 Å². The predicted octanol–water partition coefficient (Wildman–Crippen LogP) is 1.54. The second-order valence-electron chi connectivity index (χ2n) is 7.92. The molecule has 0 amide bonds. The van der Waals surface area contributed by atoms with Gasteiger partial charge in [0.1, 0.15) is 18.0 Å². The molecule has 0 aromatic carbocycles. The number of rotatable bonds is 12. The second kappa shape index (κ2) is 12.9. The Kier molecular flexibility index (Phi) is 10.6. The van der Waals surface area contributed by atoms with Crippen molar-refractivity contribution in [3.63, 3.8) is 0 Å². The van der Waals surface area contributed by atoms with Crippen LogP contribution in [0.3, 0.4) is 0 Å². The topological polar surface area (TPSA) is 167 Å². The van der Waals surface area contributed by atoms with Crippen LogP contribution in [0.15, 0.2) is 26.6 Å². The molecule has 13 nitrogen and oxygen atoms in total. The van der Waals surface area contributed by atoms with Crippen LogP contribution in [0.4, 0.5) is 0 Å². The molecule has 1 aliphatic rings. The Labute approximate surface area is 202 Å². The Bertz CT molecular complexity index is 1080. The lowest BCUT2D eigenvalue weighted by molar-refractivity contribution is -0.144. The van der Waals surface area contributed by atoms with E-state index in [1.165, 1.54) is 23.8 Å². The van der Waals surface area contributed by atoms with Gasteiger partial charge in [-0.05, 0) is 33.6 Å². The number of esters is 2. The van der Waals surface area contributed by atoms with Crippen molar-refractivity contribution in [2.75, 3.05) is 19.8 Å². The highest BCUT2D eigenvalue weighted by molar-refractivity contribution is 7.55. The monoisotopic (exact) mass is 516 g/mol. The summed E-state index contributed by atoms with van der Waals surface area (Å²) < 4.78 is 40.3. The molecule has 0 saturated carbocycles. The van der Waals surface area contributed by atoms with E-state index in [9.17, 15) is 23.7 Å². The SMILES string of the molecule is CCOC(=O)C(CC)=NP(=O)(NC(C)C(=O)OCC)OCC1CC(C)C(n2ccc(=O)[nH]c2=O)O1. The Hall–Kier alpha value is -2.60. The van der Waals surface area contributed by atoms with Gasteiger partial charge in [0.15, 0.2) is 0 Å². The van der Waals surface area contributed by atoms with Crippen molar-refractivity contribution in [2.45, 2.75) is 65.8 Å². The van der Waals surface area contributed by atoms with Crippen LogP contribution in [0.25, 0.3) is 0 Å². The molecule has 2 rings (SSSR count). The Morgan fingerprint density at radius 2 is 1.97 bits per heavy atom. The van der Waals surface area contributed by atoms with Crippen LogP contribution in [0, 0.1) is 5.92 Å². The summed E-state index contributed by atoms with van der Waals surface area (Å²) in [5.74, 6) is -1.54. The van der Waals surface area contributed by atoms with Crippen LogP contribution in [0.5, 0.6) is 0 Å². The zero-order valence-electron chi connectivity index (χ0n) is 20.5. The van der Waals surface area contributed by atoms with Gasteiger partial charge in [-0.3, -0.25) is 23.7 Å². The number of hydrogen-bond acceptors (Lipinski definition) is 9. The third kappa shape index (κ3) is 7.96. The number of carbonyl (C=O) groups excluding carboxylic acids is 2. The summed E-state index contributed by atoms with van der Waals surface area (Å²) in [6.07, 6.45) is 0.662. The van der Waals surface area contributed by atoms with Gasteiger partial charge in [0, 0.05) is 18.2 Å². The van der Waals surface area contributed by atoms with Crippen molar-refractivity contribution in [1.82, 2.24) is 14.6 Å². The fraction of sp³-hybridized carbons (Fsp3) is 0.667. The van der Waals surface area contributed by atoms with Crippen LogP contribution in [-0.2, 0) is 32.9 Å². The number of H-pyrrole nitrogens is 1. The Morgan fingerprint density at radius 1 is 1.29 bits per heavy atom. The Morgan fingerprint density at radius 3 is 2.57 bits per heavy atom. The highest BCUT2D eigenvalue weighted by Gasteiger charge is 2.37. The molecule has 1 fully saturated rings. The molecule has 1 aliphatic heterocycles. The average Bonchev–Trinajstić information content (AvgIpc) is 3.16. The maximum atomic E-state index is 13.6. The molecule has 196 valence electrons. The number of nitrogens with zero attached hydrogens (tertiary/aromatic N) is 2. The summed E-state index contributed by atoms with van der Waals surface area (Å²) in [6, 6.07) is 0.174. The molecule has 0 bridgehead atoms. The molecule has 2 heterocycles. The number of hydrogen-bond donors (Lipinski definition) is 2. The van der Waals surface area contributed by atoms with Crippen LogP contribution in [0.2, 0.25) is 0 Å². The lowest BCUT2D eigenvalue weighted by Crippen LogP contribution is -2.34. The van der Waals surface area contributed by atoms with E-state index < -0.39 is 49.2 Å². The van der Waals surface area contributed by atoms with Crippen molar-refractivity contribution < 1.29 is 32.9 Å². The van der Waals surface area contributed by atoms with E-state index in [1.54, 1.807) is 20.8 Å². The molecule has 5 atom stereocenters. The molecule has 0 aliphatic carbocycles. The minimum Gasteiger partial charge on any atom is -0.465 e. The quantitative estimate of drug-likeness (QED) is 0.236. The summed E-state index contributed by atoms with van der Waals surface area (Å²) in [7, 11) is -4.14.